The summed E-state index contributed by atoms with van der Waals surface area (Å²) in [4.78, 5) is 60.5. The van der Waals surface area contributed by atoms with Gasteiger partial charge in [0.15, 0.2) is 11.9 Å². The largest absolute Gasteiger partial charge is 0.480 e. The highest BCUT2D eigenvalue weighted by Gasteiger charge is 2.49. The van der Waals surface area contributed by atoms with Crippen LogP contribution < -0.4 is 15.4 Å². The Balaban J connectivity index is 1.72. The highest BCUT2D eigenvalue weighted by molar-refractivity contribution is 5.89. The average molecular weight is 664 g/mol. The number of ether oxygens (including phenoxy) is 4. The van der Waals surface area contributed by atoms with Gasteiger partial charge in [-0.2, -0.15) is 0 Å². The van der Waals surface area contributed by atoms with Crippen LogP contribution in [0.1, 0.15) is 31.4 Å². The lowest BCUT2D eigenvalue weighted by molar-refractivity contribution is -0.387. The van der Waals surface area contributed by atoms with E-state index in [1.165, 1.54) is 6.07 Å². The number of amides is 2. The summed E-state index contributed by atoms with van der Waals surface area (Å²) in [6.07, 6.45) is -10.2. The summed E-state index contributed by atoms with van der Waals surface area (Å²) >= 11 is 0. The molecule has 0 aliphatic carbocycles. The molecule has 3 rings (SSSR count). The molecular formula is C30H37N3O14. The SMILES string of the molecule is COC(=O)[C@H]1O[C@@H](Oc2ccc(COC(=O)N[C@@H](Cc3ccccc3)C(=O)N[C@@H](CC(C)C)C(=O)O)cc2[N+](=O)[O-])[C@H](O)[C@@H](O)[C@@H]1O. The van der Waals surface area contributed by atoms with Crippen LogP contribution in [0, 0.1) is 16.0 Å². The Bertz CT molecular complexity index is 1420. The Morgan fingerprint density at radius 3 is 2.23 bits per heavy atom. The maximum Gasteiger partial charge on any atom is 0.408 e. The van der Waals surface area contributed by atoms with E-state index in [9.17, 15) is 49.7 Å². The zero-order chi connectivity index (χ0) is 34.8. The number of hydrogen-bond donors (Lipinski definition) is 6. The molecule has 256 valence electrons. The van der Waals surface area contributed by atoms with Gasteiger partial charge >= 0.3 is 23.7 Å². The Morgan fingerprint density at radius 2 is 1.64 bits per heavy atom. The number of rotatable bonds is 14. The number of nitrogens with one attached hydrogen (secondary N) is 2. The third-order valence-electron chi connectivity index (χ3n) is 7.05. The molecule has 6 N–H and O–H groups in total. The van der Waals surface area contributed by atoms with Crippen molar-refractivity contribution in [1.82, 2.24) is 10.6 Å². The minimum Gasteiger partial charge on any atom is -0.480 e. The van der Waals surface area contributed by atoms with Crippen LogP contribution in [0.15, 0.2) is 48.5 Å². The molecule has 2 aromatic rings. The number of nitro groups is 1. The molecule has 0 radical (unpaired) electrons. The summed E-state index contributed by atoms with van der Waals surface area (Å²) in [5.41, 5.74) is 0.116. The predicted octanol–water partition coefficient (Wildman–Crippen LogP) is 0.407. The van der Waals surface area contributed by atoms with Crippen LogP contribution in [0.5, 0.6) is 5.75 Å². The molecule has 17 nitrogen and oxygen atoms in total. The first-order valence-corrected chi connectivity index (χ1v) is 14.4. The van der Waals surface area contributed by atoms with Crippen LogP contribution in [-0.4, -0.2) is 99.2 Å². The van der Waals surface area contributed by atoms with Crippen molar-refractivity contribution in [1.29, 1.82) is 0 Å². The van der Waals surface area contributed by atoms with E-state index in [4.69, 9.17) is 14.2 Å². The molecule has 2 amide bonds. The minimum absolute atomic E-state index is 0.00491. The molecule has 2 aromatic carbocycles. The molecule has 1 aliphatic rings. The molecule has 0 saturated carbocycles. The number of esters is 1. The molecule has 0 spiro atoms. The van der Waals surface area contributed by atoms with Gasteiger partial charge in [-0.3, -0.25) is 14.9 Å². The molecule has 1 saturated heterocycles. The van der Waals surface area contributed by atoms with Crippen molar-refractivity contribution >= 4 is 29.6 Å². The number of carbonyl (C=O) groups is 4. The molecule has 0 aromatic heterocycles. The first-order chi connectivity index (χ1) is 22.2. The van der Waals surface area contributed by atoms with E-state index < -0.39 is 89.7 Å². The maximum atomic E-state index is 13.1. The van der Waals surface area contributed by atoms with Crippen molar-refractivity contribution in [3.05, 3.63) is 69.8 Å². The van der Waals surface area contributed by atoms with Crippen molar-refractivity contribution < 1.29 is 63.5 Å². The van der Waals surface area contributed by atoms with E-state index >= 15 is 0 Å². The molecule has 17 heteroatoms. The molecule has 7 atom stereocenters. The van der Waals surface area contributed by atoms with Gasteiger partial charge in [0, 0.05) is 12.5 Å². The van der Waals surface area contributed by atoms with E-state index in [1.807, 2.05) is 0 Å². The van der Waals surface area contributed by atoms with Gasteiger partial charge in [0.05, 0.1) is 12.0 Å². The number of methoxy groups -OCH3 is 1. The smallest absolute Gasteiger partial charge is 0.408 e. The number of carboxylic acids is 1. The van der Waals surface area contributed by atoms with Gasteiger partial charge in [0.25, 0.3) is 0 Å². The molecule has 1 fully saturated rings. The van der Waals surface area contributed by atoms with Crippen molar-refractivity contribution in [2.24, 2.45) is 5.92 Å². The number of carboxylic acid groups (broad SMARTS) is 1. The van der Waals surface area contributed by atoms with E-state index in [1.54, 1.807) is 44.2 Å². The van der Waals surface area contributed by atoms with Gasteiger partial charge in [-0.1, -0.05) is 50.2 Å². The molecule has 0 bridgehead atoms. The van der Waals surface area contributed by atoms with E-state index in [0.29, 0.717) is 5.56 Å². The van der Waals surface area contributed by atoms with E-state index in [2.05, 4.69) is 15.4 Å². The van der Waals surface area contributed by atoms with E-state index in [-0.39, 0.29) is 24.3 Å². The summed E-state index contributed by atoms with van der Waals surface area (Å²) in [5.74, 6) is -3.57. The number of carbonyl (C=O) groups excluding carboxylic acids is 3. The molecule has 0 unspecified atom stereocenters. The first kappa shape index (κ1) is 36.6. The van der Waals surface area contributed by atoms with Crippen molar-refractivity contribution in [3.8, 4) is 5.75 Å². The standard InChI is InChI=1S/C30H37N3O14/c1-15(2)11-19(27(38)39)31-26(37)18(12-16-7-5-4-6-8-16)32-30(41)45-14-17-9-10-21(20(13-17)33(42)43)46-29-24(36)22(34)23(35)25(47-29)28(40)44-3/h4-10,13,15,18-19,22-25,29,34-36H,11-12,14H2,1-3H3,(H,31,37)(H,32,41)(H,38,39)/t18-,19-,22-,23-,24+,25-,29+/m0/s1. The fraction of sp³-hybridized carbons (Fsp3) is 0.467. The van der Waals surface area contributed by atoms with Crippen LogP contribution in [0.2, 0.25) is 0 Å². The van der Waals surface area contributed by atoms with Gasteiger partial charge in [0.2, 0.25) is 12.2 Å². The van der Waals surface area contributed by atoms with Crippen LogP contribution in [0.3, 0.4) is 0 Å². The Hall–Kier alpha value is -4.84. The van der Waals surface area contributed by atoms with Gasteiger partial charge in [-0.15, -0.1) is 0 Å². The normalized spacial score (nSPS) is 22.0. The second-order valence-electron chi connectivity index (χ2n) is 11.1. The number of nitro benzene ring substituents is 1. The second kappa shape index (κ2) is 16.6. The topological polar surface area (TPSA) is 253 Å². The van der Waals surface area contributed by atoms with E-state index in [0.717, 1.165) is 19.2 Å². The molecule has 1 aliphatic heterocycles. The zero-order valence-corrected chi connectivity index (χ0v) is 25.7. The number of aliphatic carboxylic acids is 1. The molecule has 47 heavy (non-hydrogen) atoms. The highest BCUT2D eigenvalue weighted by Crippen LogP contribution is 2.32. The zero-order valence-electron chi connectivity index (χ0n) is 25.7. The highest BCUT2D eigenvalue weighted by atomic mass is 16.7. The number of nitrogens with zero attached hydrogens (tertiary/aromatic N) is 1. The summed E-state index contributed by atoms with van der Waals surface area (Å²) in [6.45, 7) is 3.09. The third-order valence-corrected chi connectivity index (χ3v) is 7.05. The van der Waals surface area contributed by atoms with Gasteiger partial charge in [-0.25, -0.2) is 14.4 Å². The number of aliphatic hydroxyl groups is 3. The van der Waals surface area contributed by atoms with Crippen molar-refractivity contribution in [2.75, 3.05) is 7.11 Å². The monoisotopic (exact) mass is 663 g/mol. The quantitative estimate of drug-likeness (QED) is 0.0910. The maximum absolute atomic E-state index is 13.1. The number of alkyl carbamates (subject to hydrolysis) is 1. The minimum atomic E-state index is -1.92. The number of hydrogen-bond acceptors (Lipinski definition) is 13. The molecule has 1 heterocycles. The average Bonchev–Trinajstić information content (AvgIpc) is 3.03. The lowest BCUT2D eigenvalue weighted by atomic mass is 9.99. The van der Waals surface area contributed by atoms with Crippen molar-refractivity contribution in [3.63, 3.8) is 0 Å². The summed E-state index contributed by atoms with van der Waals surface area (Å²) in [6, 6.07) is 9.61. The Labute approximate surface area is 268 Å². The van der Waals surface area contributed by atoms with Crippen molar-refractivity contribution in [2.45, 2.75) is 76.1 Å². The first-order valence-electron chi connectivity index (χ1n) is 14.4. The second-order valence-corrected chi connectivity index (χ2v) is 11.1. The van der Waals surface area contributed by atoms with Gasteiger partial charge < -0.3 is 50.0 Å². The Morgan fingerprint density at radius 1 is 0.957 bits per heavy atom. The van der Waals surface area contributed by atoms with Gasteiger partial charge in [-0.05, 0) is 29.5 Å². The fourth-order valence-electron chi connectivity index (χ4n) is 4.63. The summed E-state index contributed by atoms with van der Waals surface area (Å²) in [7, 11) is 0.999. The third kappa shape index (κ3) is 10.1. The lowest BCUT2D eigenvalue weighted by Crippen LogP contribution is -2.61. The summed E-state index contributed by atoms with van der Waals surface area (Å²) in [5, 5.41) is 56.7. The number of aliphatic hydroxyl groups excluding tert-OH is 3. The summed E-state index contributed by atoms with van der Waals surface area (Å²) < 4.78 is 20.3. The predicted molar refractivity (Wildman–Crippen MR) is 159 cm³/mol. The van der Waals surface area contributed by atoms with Crippen LogP contribution >= 0.6 is 0 Å². The Kier molecular flexibility index (Phi) is 13.0. The van der Waals surface area contributed by atoms with Crippen LogP contribution in [0.4, 0.5) is 10.5 Å². The number of benzene rings is 2. The van der Waals surface area contributed by atoms with Crippen LogP contribution in [0.25, 0.3) is 0 Å². The molecular weight excluding hydrogens is 626 g/mol. The van der Waals surface area contributed by atoms with Crippen LogP contribution in [-0.2, 0) is 41.6 Å². The lowest BCUT2D eigenvalue weighted by Gasteiger charge is -2.38. The fourth-order valence-corrected chi connectivity index (χ4v) is 4.63. The van der Waals surface area contributed by atoms with Gasteiger partial charge in [0.1, 0.15) is 37.0 Å².